The number of hydrogen-bond donors (Lipinski definition) is 2. The van der Waals surface area contributed by atoms with Crippen molar-refractivity contribution in [1.29, 1.82) is 0 Å². The molecule has 3 aromatic rings. The number of aliphatic hydroxyl groups is 1. The standard InChI is InChI=1S/C20H19F3N6O/c1-12-6-13(14-9-25-19(26-10-14)29-5-3-16(30)11-29)8-15(7-12)27-18-24-4-2-17(28-18)20(21,22)23/h2,4,6-10,16,30H,3,5,11H2,1H3,(H,24,27,28). The first-order chi connectivity index (χ1) is 14.3. The molecule has 7 nitrogen and oxygen atoms in total. The minimum Gasteiger partial charge on any atom is -0.391 e. The predicted molar refractivity (Wildman–Crippen MR) is 105 cm³/mol. The maximum Gasteiger partial charge on any atom is 0.433 e. The van der Waals surface area contributed by atoms with E-state index in [0.29, 0.717) is 31.1 Å². The summed E-state index contributed by atoms with van der Waals surface area (Å²) in [4.78, 5) is 18.1. The average molecular weight is 416 g/mol. The fourth-order valence-electron chi connectivity index (χ4n) is 3.28. The second-order valence-corrected chi connectivity index (χ2v) is 7.14. The van der Waals surface area contributed by atoms with Gasteiger partial charge in [-0.3, -0.25) is 0 Å². The van der Waals surface area contributed by atoms with Crippen molar-refractivity contribution in [2.24, 2.45) is 0 Å². The van der Waals surface area contributed by atoms with Crippen molar-refractivity contribution in [2.45, 2.75) is 25.6 Å². The third-order valence-electron chi connectivity index (χ3n) is 4.70. The van der Waals surface area contributed by atoms with E-state index in [-0.39, 0.29) is 12.1 Å². The molecule has 3 heterocycles. The molecule has 2 N–H and O–H groups in total. The molecule has 156 valence electrons. The third-order valence-corrected chi connectivity index (χ3v) is 4.70. The zero-order valence-corrected chi connectivity index (χ0v) is 16.1. The highest BCUT2D eigenvalue weighted by molar-refractivity contribution is 5.70. The first-order valence-corrected chi connectivity index (χ1v) is 9.32. The van der Waals surface area contributed by atoms with Gasteiger partial charge in [-0.1, -0.05) is 6.07 Å². The number of alkyl halides is 3. The fourth-order valence-corrected chi connectivity index (χ4v) is 3.28. The van der Waals surface area contributed by atoms with Gasteiger partial charge in [0.1, 0.15) is 5.69 Å². The number of benzene rings is 1. The van der Waals surface area contributed by atoms with Crippen molar-refractivity contribution < 1.29 is 18.3 Å². The van der Waals surface area contributed by atoms with Crippen molar-refractivity contribution in [3.63, 3.8) is 0 Å². The maximum absolute atomic E-state index is 12.9. The van der Waals surface area contributed by atoms with Gasteiger partial charge in [0.15, 0.2) is 0 Å². The van der Waals surface area contributed by atoms with E-state index in [1.165, 1.54) is 0 Å². The van der Waals surface area contributed by atoms with E-state index in [1.807, 2.05) is 17.9 Å². The molecular formula is C20H19F3N6O. The van der Waals surface area contributed by atoms with Crippen LogP contribution in [0.25, 0.3) is 11.1 Å². The highest BCUT2D eigenvalue weighted by Gasteiger charge is 2.32. The Bertz CT molecular complexity index is 1040. The Labute approximate surface area is 170 Å². The van der Waals surface area contributed by atoms with E-state index in [9.17, 15) is 18.3 Å². The second-order valence-electron chi connectivity index (χ2n) is 7.14. The lowest BCUT2D eigenvalue weighted by Crippen LogP contribution is -2.23. The van der Waals surface area contributed by atoms with Crippen molar-refractivity contribution in [3.05, 3.63) is 54.1 Å². The van der Waals surface area contributed by atoms with Gasteiger partial charge in [0, 0.05) is 42.9 Å². The molecule has 0 aliphatic carbocycles. The van der Waals surface area contributed by atoms with E-state index < -0.39 is 11.9 Å². The van der Waals surface area contributed by atoms with Gasteiger partial charge in [-0.05, 0) is 42.7 Å². The van der Waals surface area contributed by atoms with Crippen LogP contribution in [0, 0.1) is 6.92 Å². The van der Waals surface area contributed by atoms with Crippen molar-refractivity contribution in [3.8, 4) is 11.1 Å². The quantitative estimate of drug-likeness (QED) is 0.672. The predicted octanol–water partition coefficient (Wildman–Crippen LogP) is 3.58. The van der Waals surface area contributed by atoms with Crippen LogP contribution < -0.4 is 10.2 Å². The molecule has 2 aromatic heterocycles. The van der Waals surface area contributed by atoms with Crippen molar-refractivity contribution >= 4 is 17.6 Å². The molecule has 4 rings (SSSR count). The Kier molecular flexibility index (Phi) is 5.25. The van der Waals surface area contributed by atoms with Gasteiger partial charge in [0.05, 0.1) is 6.10 Å². The van der Waals surface area contributed by atoms with Crippen molar-refractivity contribution in [2.75, 3.05) is 23.3 Å². The molecule has 1 aliphatic heterocycles. The summed E-state index contributed by atoms with van der Waals surface area (Å²) in [5.41, 5.74) is 2.00. The molecule has 1 saturated heterocycles. The summed E-state index contributed by atoms with van der Waals surface area (Å²) in [6.07, 6.45) is 0.226. The molecule has 1 aliphatic rings. The molecule has 30 heavy (non-hydrogen) atoms. The number of nitrogens with one attached hydrogen (secondary N) is 1. The number of aliphatic hydroxyl groups excluding tert-OH is 1. The molecule has 0 amide bonds. The Morgan fingerprint density at radius 3 is 2.53 bits per heavy atom. The summed E-state index contributed by atoms with van der Waals surface area (Å²) >= 11 is 0. The van der Waals surface area contributed by atoms with Crippen LogP contribution in [0.4, 0.5) is 30.8 Å². The van der Waals surface area contributed by atoms with Gasteiger partial charge in [-0.2, -0.15) is 13.2 Å². The van der Waals surface area contributed by atoms with Gasteiger partial charge in [0.2, 0.25) is 11.9 Å². The molecule has 1 atom stereocenters. The number of β-amino-alcohol motifs (C(OH)–C–C–N with tert-alkyl or cyclic N) is 1. The molecule has 1 fully saturated rings. The Morgan fingerprint density at radius 2 is 1.87 bits per heavy atom. The largest absolute Gasteiger partial charge is 0.433 e. The Balaban J connectivity index is 1.56. The normalized spacial score (nSPS) is 16.7. The molecule has 10 heteroatoms. The van der Waals surface area contributed by atoms with Crippen LogP contribution in [0.3, 0.4) is 0 Å². The zero-order valence-electron chi connectivity index (χ0n) is 16.1. The molecule has 0 radical (unpaired) electrons. The lowest BCUT2D eigenvalue weighted by Gasteiger charge is -2.15. The molecular weight excluding hydrogens is 397 g/mol. The smallest absolute Gasteiger partial charge is 0.391 e. The zero-order chi connectivity index (χ0) is 21.3. The van der Waals surface area contributed by atoms with E-state index in [2.05, 4.69) is 25.3 Å². The number of nitrogens with zero attached hydrogens (tertiary/aromatic N) is 5. The first kappa shape index (κ1) is 20.0. The van der Waals surface area contributed by atoms with Crippen molar-refractivity contribution in [1.82, 2.24) is 19.9 Å². The highest BCUT2D eigenvalue weighted by Crippen LogP contribution is 2.29. The Hall–Kier alpha value is -3.27. The summed E-state index contributed by atoms with van der Waals surface area (Å²) < 4.78 is 38.6. The minimum absolute atomic E-state index is 0.138. The number of rotatable bonds is 4. The maximum atomic E-state index is 12.9. The highest BCUT2D eigenvalue weighted by atomic mass is 19.4. The van der Waals surface area contributed by atoms with E-state index in [0.717, 1.165) is 29.0 Å². The number of hydrogen-bond acceptors (Lipinski definition) is 7. The first-order valence-electron chi connectivity index (χ1n) is 9.32. The summed E-state index contributed by atoms with van der Waals surface area (Å²) in [6, 6.07) is 6.31. The van der Waals surface area contributed by atoms with Crippen LogP contribution in [0.1, 0.15) is 17.7 Å². The number of aryl methyl sites for hydroxylation is 1. The van der Waals surface area contributed by atoms with E-state index >= 15 is 0 Å². The van der Waals surface area contributed by atoms with E-state index in [4.69, 9.17) is 0 Å². The lowest BCUT2D eigenvalue weighted by atomic mass is 10.1. The number of halogens is 3. The average Bonchev–Trinajstić information content (AvgIpc) is 3.14. The summed E-state index contributed by atoms with van der Waals surface area (Å²) in [5.74, 6) is 0.416. The lowest BCUT2D eigenvalue weighted by molar-refractivity contribution is -0.141. The molecule has 1 aromatic carbocycles. The molecule has 1 unspecified atom stereocenters. The minimum atomic E-state index is -4.54. The number of anilines is 3. The van der Waals surface area contributed by atoms with Crippen LogP contribution >= 0.6 is 0 Å². The SMILES string of the molecule is Cc1cc(Nc2nccc(C(F)(F)F)n2)cc(-c2cnc(N3CCC(O)C3)nc2)c1. The molecule has 0 bridgehead atoms. The molecule has 0 saturated carbocycles. The number of aromatic nitrogens is 4. The topological polar surface area (TPSA) is 87.1 Å². The van der Waals surface area contributed by atoms with Gasteiger partial charge >= 0.3 is 6.18 Å². The van der Waals surface area contributed by atoms with E-state index in [1.54, 1.807) is 24.5 Å². The monoisotopic (exact) mass is 416 g/mol. The fraction of sp³-hybridized carbons (Fsp3) is 0.300. The van der Waals surface area contributed by atoms with Gasteiger partial charge in [-0.25, -0.2) is 19.9 Å². The van der Waals surface area contributed by atoms with Crippen LogP contribution in [-0.2, 0) is 6.18 Å². The van der Waals surface area contributed by atoms with Gasteiger partial charge < -0.3 is 15.3 Å². The van der Waals surface area contributed by atoms with Crippen LogP contribution in [0.5, 0.6) is 0 Å². The summed E-state index contributed by atoms with van der Waals surface area (Å²) in [7, 11) is 0. The van der Waals surface area contributed by atoms with Crippen LogP contribution in [0.2, 0.25) is 0 Å². The molecule has 0 spiro atoms. The third kappa shape index (κ3) is 4.48. The summed E-state index contributed by atoms with van der Waals surface area (Å²) in [6.45, 7) is 3.09. The Morgan fingerprint density at radius 1 is 1.10 bits per heavy atom. The van der Waals surface area contributed by atoms with Gasteiger partial charge in [-0.15, -0.1) is 0 Å². The second kappa shape index (κ2) is 7.86. The summed E-state index contributed by atoms with van der Waals surface area (Å²) in [5, 5.41) is 12.5. The van der Waals surface area contributed by atoms with Crippen LogP contribution in [0.15, 0.2) is 42.9 Å². The van der Waals surface area contributed by atoms with Gasteiger partial charge in [0.25, 0.3) is 0 Å². The van der Waals surface area contributed by atoms with Crippen LogP contribution in [-0.4, -0.2) is 44.2 Å².